The molecule has 0 N–H and O–H groups in total. The third kappa shape index (κ3) is 3.67. The van der Waals surface area contributed by atoms with E-state index in [1.165, 1.54) is 0 Å². The van der Waals surface area contributed by atoms with E-state index in [2.05, 4.69) is 0 Å². The molecule has 0 aliphatic carbocycles. The molecule has 0 unspecified atom stereocenters. The summed E-state index contributed by atoms with van der Waals surface area (Å²) in [6.45, 7) is 7.33. The number of nitrogens with zero attached hydrogens (tertiary/aromatic N) is 1. The number of aryl methyl sites for hydroxylation is 1. The number of halogens is 1. The van der Waals surface area contributed by atoms with Crippen LogP contribution in [-0.2, 0) is 0 Å². The first-order valence-corrected chi connectivity index (χ1v) is 8.13. The van der Waals surface area contributed by atoms with Gasteiger partial charge in [-0.15, -0.1) is 0 Å². The van der Waals surface area contributed by atoms with Gasteiger partial charge in [0.05, 0.1) is 7.11 Å². The maximum Gasteiger partial charge on any atom is 0.254 e. The van der Waals surface area contributed by atoms with Crippen LogP contribution in [0.25, 0.3) is 11.1 Å². The molecule has 0 aliphatic rings. The zero-order valence-corrected chi connectivity index (χ0v) is 14.8. The predicted octanol–water partition coefficient (Wildman–Crippen LogP) is 4.81. The van der Waals surface area contributed by atoms with Crippen molar-refractivity contribution in [2.24, 2.45) is 0 Å². The average molecular weight is 332 g/mol. The number of methoxy groups -OCH3 is 1. The number of hydrogen-bond acceptors (Lipinski definition) is 2. The summed E-state index contributed by atoms with van der Waals surface area (Å²) in [5, 5.41) is 0.648. The quantitative estimate of drug-likeness (QED) is 0.787. The molecule has 0 radical (unpaired) electrons. The van der Waals surface area contributed by atoms with E-state index >= 15 is 0 Å². The van der Waals surface area contributed by atoms with E-state index in [1.807, 2.05) is 62.1 Å². The van der Waals surface area contributed by atoms with Gasteiger partial charge in [0.1, 0.15) is 5.75 Å². The summed E-state index contributed by atoms with van der Waals surface area (Å²) in [5.74, 6) is 0.738. The van der Waals surface area contributed by atoms with Gasteiger partial charge in [-0.3, -0.25) is 4.79 Å². The van der Waals surface area contributed by atoms with E-state index in [-0.39, 0.29) is 5.91 Å². The largest absolute Gasteiger partial charge is 0.497 e. The SMILES string of the molecule is CCN(CC)C(=O)c1ccc(OC)cc1-c1cc(Cl)ccc1C. The van der Waals surface area contributed by atoms with Crippen molar-refractivity contribution in [3.63, 3.8) is 0 Å². The van der Waals surface area contributed by atoms with Crippen molar-refractivity contribution in [1.29, 1.82) is 0 Å². The van der Waals surface area contributed by atoms with Gasteiger partial charge < -0.3 is 9.64 Å². The number of ether oxygens (including phenoxy) is 1. The predicted molar refractivity (Wildman–Crippen MR) is 95.4 cm³/mol. The lowest BCUT2D eigenvalue weighted by Crippen LogP contribution is -2.30. The molecular weight excluding hydrogens is 310 g/mol. The molecule has 0 heterocycles. The van der Waals surface area contributed by atoms with Gasteiger partial charge in [0.2, 0.25) is 0 Å². The fourth-order valence-corrected chi connectivity index (χ4v) is 2.80. The molecule has 2 rings (SSSR count). The number of rotatable bonds is 5. The summed E-state index contributed by atoms with van der Waals surface area (Å²) in [7, 11) is 1.62. The van der Waals surface area contributed by atoms with Crippen molar-refractivity contribution in [3.8, 4) is 16.9 Å². The van der Waals surface area contributed by atoms with E-state index < -0.39 is 0 Å². The third-order valence-electron chi connectivity index (χ3n) is 4.00. The van der Waals surface area contributed by atoms with Gasteiger partial charge in [0, 0.05) is 23.7 Å². The molecule has 0 fully saturated rings. The second-order valence-corrected chi connectivity index (χ2v) is 5.78. The highest BCUT2D eigenvalue weighted by molar-refractivity contribution is 6.31. The lowest BCUT2D eigenvalue weighted by Gasteiger charge is -2.21. The number of carbonyl (C=O) groups is 1. The Morgan fingerprint density at radius 1 is 1.09 bits per heavy atom. The van der Waals surface area contributed by atoms with Crippen LogP contribution in [0.1, 0.15) is 29.8 Å². The maximum absolute atomic E-state index is 12.8. The Hall–Kier alpha value is -2.00. The van der Waals surface area contributed by atoms with Crippen molar-refractivity contribution in [1.82, 2.24) is 4.90 Å². The zero-order valence-electron chi connectivity index (χ0n) is 14.0. The first kappa shape index (κ1) is 17.4. The molecule has 23 heavy (non-hydrogen) atoms. The molecule has 0 aromatic heterocycles. The smallest absolute Gasteiger partial charge is 0.254 e. The molecule has 2 aromatic carbocycles. The van der Waals surface area contributed by atoms with Crippen LogP contribution in [0.3, 0.4) is 0 Å². The second kappa shape index (κ2) is 7.51. The number of carbonyl (C=O) groups excluding carboxylic acids is 1. The van der Waals surface area contributed by atoms with Crippen molar-refractivity contribution < 1.29 is 9.53 Å². The summed E-state index contributed by atoms with van der Waals surface area (Å²) in [4.78, 5) is 14.7. The highest BCUT2D eigenvalue weighted by Gasteiger charge is 2.19. The van der Waals surface area contributed by atoms with Crippen LogP contribution in [0, 0.1) is 6.92 Å². The van der Waals surface area contributed by atoms with E-state index in [4.69, 9.17) is 16.3 Å². The third-order valence-corrected chi connectivity index (χ3v) is 4.23. The Kier molecular flexibility index (Phi) is 5.67. The molecule has 0 atom stereocenters. The molecule has 0 bridgehead atoms. The number of benzene rings is 2. The van der Waals surface area contributed by atoms with Gasteiger partial charge >= 0.3 is 0 Å². The molecule has 122 valence electrons. The summed E-state index contributed by atoms with van der Waals surface area (Å²) in [6, 6.07) is 11.3. The Morgan fingerprint density at radius 3 is 2.39 bits per heavy atom. The van der Waals surface area contributed by atoms with Gasteiger partial charge in [0.25, 0.3) is 5.91 Å². The molecule has 4 heteroatoms. The standard InChI is InChI=1S/C19H22ClNO2/c1-5-21(6-2)19(22)16-10-9-15(23-4)12-18(16)17-11-14(20)8-7-13(17)3/h7-12H,5-6H2,1-4H3. The number of hydrogen-bond donors (Lipinski definition) is 0. The van der Waals surface area contributed by atoms with Crippen LogP contribution in [-0.4, -0.2) is 31.0 Å². The molecular formula is C19H22ClNO2. The summed E-state index contributed by atoms with van der Waals surface area (Å²) < 4.78 is 5.34. The molecule has 2 aromatic rings. The van der Waals surface area contributed by atoms with E-state index in [0.29, 0.717) is 23.7 Å². The fourth-order valence-electron chi connectivity index (χ4n) is 2.63. The Labute approximate surface area is 142 Å². The first-order chi connectivity index (χ1) is 11.0. The highest BCUT2D eigenvalue weighted by Crippen LogP contribution is 2.33. The molecule has 0 aliphatic heterocycles. The summed E-state index contributed by atoms with van der Waals surface area (Å²) >= 11 is 6.16. The van der Waals surface area contributed by atoms with Crippen molar-refractivity contribution >= 4 is 17.5 Å². The molecule has 0 saturated carbocycles. The average Bonchev–Trinajstić information content (AvgIpc) is 2.57. The van der Waals surface area contributed by atoms with Crippen LogP contribution < -0.4 is 4.74 Å². The summed E-state index contributed by atoms with van der Waals surface area (Å²) in [6.07, 6.45) is 0. The second-order valence-electron chi connectivity index (χ2n) is 5.35. The lowest BCUT2D eigenvalue weighted by molar-refractivity contribution is 0.0773. The van der Waals surface area contributed by atoms with Crippen molar-refractivity contribution in [2.75, 3.05) is 20.2 Å². The normalized spacial score (nSPS) is 10.5. The minimum atomic E-state index is 0.0204. The van der Waals surface area contributed by atoms with Crippen LogP contribution in [0.15, 0.2) is 36.4 Å². The zero-order chi connectivity index (χ0) is 17.0. The van der Waals surface area contributed by atoms with Crippen LogP contribution in [0.4, 0.5) is 0 Å². The fraction of sp³-hybridized carbons (Fsp3) is 0.316. The highest BCUT2D eigenvalue weighted by atomic mass is 35.5. The van der Waals surface area contributed by atoms with Crippen molar-refractivity contribution in [2.45, 2.75) is 20.8 Å². The topological polar surface area (TPSA) is 29.5 Å². The molecule has 3 nitrogen and oxygen atoms in total. The Morgan fingerprint density at radius 2 is 1.78 bits per heavy atom. The van der Waals surface area contributed by atoms with Gasteiger partial charge in [-0.1, -0.05) is 17.7 Å². The Bertz CT molecular complexity index is 709. The van der Waals surface area contributed by atoms with Gasteiger partial charge in [-0.2, -0.15) is 0 Å². The van der Waals surface area contributed by atoms with E-state index in [9.17, 15) is 4.79 Å². The lowest BCUT2D eigenvalue weighted by atomic mass is 9.95. The van der Waals surface area contributed by atoms with Gasteiger partial charge in [0.15, 0.2) is 0 Å². The van der Waals surface area contributed by atoms with Gasteiger partial charge in [-0.05, 0) is 67.8 Å². The van der Waals surface area contributed by atoms with Gasteiger partial charge in [-0.25, -0.2) is 0 Å². The molecule has 1 amide bonds. The molecule has 0 spiro atoms. The van der Waals surface area contributed by atoms with Crippen LogP contribution in [0.5, 0.6) is 5.75 Å². The Balaban J connectivity index is 2.64. The van der Waals surface area contributed by atoms with Crippen LogP contribution >= 0.6 is 11.6 Å². The number of amides is 1. The minimum absolute atomic E-state index is 0.0204. The monoisotopic (exact) mass is 331 g/mol. The maximum atomic E-state index is 12.8. The minimum Gasteiger partial charge on any atom is -0.497 e. The van der Waals surface area contributed by atoms with Crippen LogP contribution in [0.2, 0.25) is 5.02 Å². The van der Waals surface area contributed by atoms with E-state index in [0.717, 1.165) is 22.4 Å². The molecule has 0 saturated heterocycles. The first-order valence-electron chi connectivity index (χ1n) is 7.75. The van der Waals surface area contributed by atoms with Crippen molar-refractivity contribution in [3.05, 3.63) is 52.5 Å². The van der Waals surface area contributed by atoms with E-state index in [1.54, 1.807) is 7.11 Å². The summed E-state index contributed by atoms with van der Waals surface area (Å²) in [5.41, 5.74) is 3.53.